The molecule has 3 fully saturated rings. The highest BCUT2D eigenvalue weighted by molar-refractivity contribution is 5.78. The van der Waals surface area contributed by atoms with Gasteiger partial charge in [-0.25, -0.2) is 0 Å². The van der Waals surface area contributed by atoms with Crippen LogP contribution in [-0.2, 0) is 9.53 Å². The molecular weight excluding hydrogens is 378 g/mol. The van der Waals surface area contributed by atoms with E-state index in [1.165, 1.54) is 12.8 Å². The molecule has 4 rings (SSSR count). The van der Waals surface area contributed by atoms with Crippen LogP contribution in [0.5, 0.6) is 0 Å². The van der Waals surface area contributed by atoms with Crippen molar-refractivity contribution < 1.29 is 9.53 Å². The number of fused-ring (bicyclic) bond motifs is 2. The standard InChI is InChI=1S/C23H33N5O2/c24-14-18-5-7-19(8-6-18)25-11-3-12-28-20-9-10-21(28)16-27(15-20)17-22(29)26-23-4-1-2-13-30-23/h5-8,20-21,23,25H,1-4,9-13,15-17H2,(H,26,29). The number of nitrogens with zero attached hydrogens (tertiary/aromatic N) is 3. The van der Waals surface area contributed by atoms with Crippen LogP contribution < -0.4 is 10.6 Å². The molecule has 30 heavy (non-hydrogen) atoms. The second-order valence-electron chi connectivity index (χ2n) is 8.71. The van der Waals surface area contributed by atoms with Gasteiger partial charge >= 0.3 is 0 Å². The maximum Gasteiger partial charge on any atom is 0.236 e. The van der Waals surface area contributed by atoms with Gasteiger partial charge in [0.2, 0.25) is 5.91 Å². The number of piperazine rings is 1. The van der Waals surface area contributed by atoms with E-state index in [4.69, 9.17) is 10.00 Å². The normalized spacial score (nSPS) is 26.8. The molecule has 7 heteroatoms. The van der Waals surface area contributed by atoms with Gasteiger partial charge in [-0.3, -0.25) is 14.6 Å². The molecule has 0 radical (unpaired) electrons. The first-order chi connectivity index (χ1) is 14.7. The molecule has 2 bridgehead atoms. The Labute approximate surface area is 179 Å². The van der Waals surface area contributed by atoms with Crippen LogP contribution >= 0.6 is 0 Å². The number of anilines is 1. The molecule has 3 atom stereocenters. The van der Waals surface area contributed by atoms with Crippen molar-refractivity contribution in [3.8, 4) is 6.07 Å². The van der Waals surface area contributed by atoms with Crippen LogP contribution in [-0.4, -0.2) is 73.3 Å². The average molecular weight is 412 g/mol. The quantitative estimate of drug-likeness (QED) is 0.638. The summed E-state index contributed by atoms with van der Waals surface area (Å²) in [5.74, 6) is 0.0985. The molecule has 3 unspecified atom stereocenters. The molecule has 2 N–H and O–H groups in total. The van der Waals surface area contributed by atoms with Gasteiger partial charge in [0.15, 0.2) is 0 Å². The fraction of sp³-hybridized carbons (Fsp3) is 0.652. The molecule has 7 nitrogen and oxygen atoms in total. The molecule has 3 aliphatic rings. The lowest BCUT2D eigenvalue weighted by atomic mass is 10.1. The van der Waals surface area contributed by atoms with E-state index >= 15 is 0 Å². The maximum absolute atomic E-state index is 12.4. The minimum Gasteiger partial charge on any atom is -0.385 e. The lowest BCUT2D eigenvalue weighted by Gasteiger charge is -2.41. The lowest BCUT2D eigenvalue weighted by molar-refractivity contribution is -0.128. The van der Waals surface area contributed by atoms with E-state index < -0.39 is 0 Å². The third-order valence-corrected chi connectivity index (χ3v) is 6.51. The Bertz CT molecular complexity index is 727. The fourth-order valence-corrected chi connectivity index (χ4v) is 5.01. The van der Waals surface area contributed by atoms with Crippen molar-refractivity contribution >= 4 is 11.6 Å². The first-order valence-electron chi connectivity index (χ1n) is 11.3. The zero-order valence-corrected chi connectivity index (χ0v) is 17.7. The van der Waals surface area contributed by atoms with Crippen LogP contribution in [0.4, 0.5) is 5.69 Å². The molecular formula is C23H33N5O2. The SMILES string of the molecule is N#Cc1ccc(NCCCN2C3CCC2CN(CC(=O)NC2CCCCO2)C3)cc1. The van der Waals surface area contributed by atoms with Crippen molar-refractivity contribution in [2.45, 2.75) is 56.8 Å². The van der Waals surface area contributed by atoms with Crippen molar-refractivity contribution in [1.82, 2.24) is 15.1 Å². The van der Waals surface area contributed by atoms with Crippen molar-refractivity contribution in [2.24, 2.45) is 0 Å². The van der Waals surface area contributed by atoms with E-state index in [1.807, 2.05) is 24.3 Å². The Morgan fingerprint density at radius 3 is 2.57 bits per heavy atom. The molecule has 3 saturated heterocycles. The van der Waals surface area contributed by atoms with Crippen molar-refractivity contribution in [3.63, 3.8) is 0 Å². The number of nitriles is 1. The van der Waals surface area contributed by atoms with Gasteiger partial charge in [0.05, 0.1) is 18.2 Å². The Morgan fingerprint density at radius 2 is 1.90 bits per heavy atom. The summed E-state index contributed by atoms with van der Waals surface area (Å²) < 4.78 is 5.63. The van der Waals surface area contributed by atoms with E-state index in [2.05, 4.69) is 26.5 Å². The summed E-state index contributed by atoms with van der Waals surface area (Å²) in [4.78, 5) is 17.4. The lowest BCUT2D eigenvalue weighted by Crippen LogP contribution is -2.56. The van der Waals surface area contributed by atoms with Gasteiger partial charge in [-0.2, -0.15) is 5.26 Å². The average Bonchev–Trinajstić information content (AvgIpc) is 3.00. The van der Waals surface area contributed by atoms with Crippen LogP contribution in [0, 0.1) is 11.3 Å². The summed E-state index contributed by atoms with van der Waals surface area (Å²) in [6, 6.07) is 10.9. The third-order valence-electron chi connectivity index (χ3n) is 6.51. The van der Waals surface area contributed by atoms with Crippen LogP contribution in [0.2, 0.25) is 0 Å². The van der Waals surface area contributed by atoms with E-state index in [1.54, 1.807) is 0 Å². The Balaban J connectivity index is 1.16. The molecule has 1 amide bonds. The molecule has 3 heterocycles. The van der Waals surface area contributed by atoms with Gasteiger partial charge in [-0.15, -0.1) is 0 Å². The van der Waals surface area contributed by atoms with E-state index in [9.17, 15) is 4.79 Å². The molecule has 1 aromatic carbocycles. The van der Waals surface area contributed by atoms with Gasteiger partial charge in [0.1, 0.15) is 6.23 Å². The maximum atomic E-state index is 12.4. The van der Waals surface area contributed by atoms with E-state index in [-0.39, 0.29) is 12.1 Å². The number of carbonyl (C=O) groups excluding carboxylic acids is 1. The number of carbonyl (C=O) groups is 1. The predicted octanol–water partition coefficient (Wildman–Crippen LogP) is 2.15. The summed E-state index contributed by atoms with van der Waals surface area (Å²) in [7, 11) is 0. The summed E-state index contributed by atoms with van der Waals surface area (Å²) in [6.45, 7) is 5.23. The van der Waals surface area contributed by atoms with Crippen molar-refractivity contribution in [3.05, 3.63) is 29.8 Å². The summed E-state index contributed by atoms with van der Waals surface area (Å²) >= 11 is 0. The smallest absolute Gasteiger partial charge is 0.236 e. The van der Waals surface area contributed by atoms with Crippen LogP contribution in [0.15, 0.2) is 24.3 Å². The second-order valence-corrected chi connectivity index (χ2v) is 8.71. The number of rotatable bonds is 8. The number of benzene rings is 1. The van der Waals surface area contributed by atoms with Gasteiger partial charge in [-0.1, -0.05) is 0 Å². The summed E-state index contributed by atoms with van der Waals surface area (Å²) in [5, 5.41) is 15.4. The molecule has 0 aromatic heterocycles. The van der Waals surface area contributed by atoms with Crippen LogP contribution in [0.3, 0.4) is 0 Å². The van der Waals surface area contributed by atoms with Crippen molar-refractivity contribution in [2.75, 3.05) is 44.6 Å². The highest BCUT2D eigenvalue weighted by Gasteiger charge is 2.39. The zero-order chi connectivity index (χ0) is 20.8. The molecule has 0 spiro atoms. The van der Waals surface area contributed by atoms with Crippen LogP contribution in [0.25, 0.3) is 0 Å². The predicted molar refractivity (Wildman–Crippen MR) is 116 cm³/mol. The largest absolute Gasteiger partial charge is 0.385 e. The third kappa shape index (κ3) is 5.51. The fourth-order valence-electron chi connectivity index (χ4n) is 5.01. The molecule has 0 saturated carbocycles. The molecule has 1 aromatic rings. The number of likely N-dealkylation sites (tertiary alicyclic amines) is 1. The Hall–Kier alpha value is -2.14. The van der Waals surface area contributed by atoms with Gasteiger partial charge in [0.25, 0.3) is 0 Å². The Morgan fingerprint density at radius 1 is 1.13 bits per heavy atom. The minimum atomic E-state index is -0.0899. The number of ether oxygens (including phenoxy) is 1. The number of hydrogen-bond acceptors (Lipinski definition) is 6. The van der Waals surface area contributed by atoms with Crippen LogP contribution in [0.1, 0.15) is 44.1 Å². The van der Waals surface area contributed by atoms with Gasteiger partial charge < -0.3 is 15.4 Å². The monoisotopic (exact) mass is 411 g/mol. The number of hydrogen-bond donors (Lipinski definition) is 2. The first-order valence-corrected chi connectivity index (χ1v) is 11.3. The summed E-state index contributed by atoms with van der Waals surface area (Å²) in [5.41, 5.74) is 1.75. The Kier molecular flexibility index (Phi) is 7.21. The number of amides is 1. The first kappa shape index (κ1) is 21.1. The van der Waals surface area contributed by atoms with Gasteiger partial charge in [-0.05, 0) is 62.8 Å². The summed E-state index contributed by atoms with van der Waals surface area (Å²) in [6.07, 6.45) is 6.63. The number of nitrogens with one attached hydrogen (secondary N) is 2. The highest BCUT2D eigenvalue weighted by atomic mass is 16.5. The van der Waals surface area contributed by atoms with Gasteiger partial charge in [0, 0.05) is 50.6 Å². The van der Waals surface area contributed by atoms with Crippen molar-refractivity contribution in [1.29, 1.82) is 5.26 Å². The van der Waals surface area contributed by atoms with E-state index in [0.717, 1.165) is 64.2 Å². The van der Waals surface area contributed by atoms with E-state index in [0.29, 0.717) is 24.2 Å². The second kappa shape index (κ2) is 10.3. The molecule has 0 aliphatic carbocycles. The minimum absolute atomic E-state index is 0.0899. The zero-order valence-electron chi connectivity index (χ0n) is 17.7. The molecule has 162 valence electrons. The highest BCUT2D eigenvalue weighted by Crippen LogP contribution is 2.30. The molecule has 3 aliphatic heterocycles. The topological polar surface area (TPSA) is 80.6 Å².